The second kappa shape index (κ2) is 9.62. The number of thioether (sulfide) groups is 1. The van der Waals surface area contributed by atoms with Crippen LogP contribution in [0.25, 0.3) is 11.4 Å². The van der Waals surface area contributed by atoms with Crippen molar-refractivity contribution in [3.05, 3.63) is 53.4 Å². The Kier molecular flexibility index (Phi) is 6.95. The van der Waals surface area contributed by atoms with Gasteiger partial charge in [0.25, 0.3) is 0 Å². The third kappa shape index (κ3) is 5.37. The highest BCUT2D eigenvalue weighted by atomic mass is 35.5. The molecule has 0 saturated carbocycles. The van der Waals surface area contributed by atoms with Gasteiger partial charge in [0, 0.05) is 17.1 Å². The molecule has 0 bridgehead atoms. The zero-order valence-electron chi connectivity index (χ0n) is 15.0. The van der Waals surface area contributed by atoms with Crippen molar-refractivity contribution < 1.29 is 9.21 Å². The fourth-order valence-electron chi connectivity index (χ4n) is 2.49. The number of hydrogen-bond donors (Lipinski definition) is 1. The van der Waals surface area contributed by atoms with E-state index in [1.807, 2.05) is 41.0 Å². The van der Waals surface area contributed by atoms with E-state index in [1.54, 1.807) is 6.26 Å². The molecular weight excluding hydrogens is 384 g/mol. The second-order valence-electron chi connectivity index (χ2n) is 5.97. The van der Waals surface area contributed by atoms with E-state index in [0.29, 0.717) is 34.8 Å². The Labute approximate surface area is 167 Å². The van der Waals surface area contributed by atoms with Gasteiger partial charge in [-0.2, -0.15) is 0 Å². The summed E-state index contributed by atoms with van der Waals surface area (Å²) in [5.74, 6) is 1.78. The lowest BCUT2D eigenvalue weighted by molar-refractivity contribution is -0.118. The van der Waals surface area contributed by atoms with Crippen molar-refractivity contribution in [1.29, 1.82) is 0 Å². The number of unbranched alkanes of at least 4 members (excludes halogenated alkanes) is 1. The van der Waals surface area contributed by atoms with E-state index in [9.17, 15) is 4.79 Å². The number of nitrogens with one attached hydrogen (secondary N) is 1. The smallest absolute Gasteiger partial charge is 0.230 e. The molecule has 8 heteroatoms. The summed E-state index contributed by atoms with van der Waals surface area (Å²) >= 11 is 7.35. The number of rotatable bonds is 9. The first kappa shape index (κ1) is 19.5. The molecule has 27 heavy (non-hydrogen) atoms. The van der Waals surface area contributed by atoms with Crippen LogP contribution in [0.4, 0.5) is 0 Å². The average Bonchev–Trinajstić information content (AvgIpc) is 3.32. The summed E-state index contributed by atoms with van der Waals surface area (Å²) < 4.78 is 7.43. The molecule has 0 radical (unpaired) electrons. The van der Waals surface area contributed by atoms with Gasteiger partial charge in [0.2, 0.25) is 5.91 Å². The van der Waals surface area contributed by atoms with Crippen molar-refractivity contribution in [1.82, 2.24) is 20.1 Å². The number of nitrogens with zero attached hydrogens (tertiary/aromatic N) is 3. The van der Waals surface area contributed by atoms with Crippen LogP contribution in [0, 0.1) is 0 Å². The molecule has 1 N–H and O–H groups in total. The summed E-state index contributed by atoms with van der Waals surface area (Å²) in [6, 6.07) is 11.2. The first-order chi connectivity index (χ1) is 13.2. The quantitative estimate of drug-likeness (QED) is 0.426. The van der Waals surface area contributed by atoms with E-state index in [1.165, 1.54) is 11.8 Å². The van der Waals surface area contributed by atoms with Gasteiger partial charge in [-0.1, -0.05) is 36.7 Å². The van der Waals surface area contributed by atoms with Crippen LogP contribution in [0.2, 0.25) is 5.02 Å². The molecule has 0 saturated heterocycles. The Balaban J connectivity index is 1.78. The first-order valence-electron chi connectivity index (χ1n) is 8.78. The van der Waals surface area contributed by atoms with Crippen LogP contribution >= 0.6 is 23.4 Å². The van der Waals surface area contributed by atoms with Crippen molar-refractivity contribution in [2.45, 2.75) is 31.5 Å². The maximum absolute atomic E-state index is 12.0. The Morgan fingerprint density at radius 2 is 2.07 bits per heavy atom. The lowest BCUT2D eigenvalue weighted by atomic mass is 10.2. The molecule has 0 unspecified atom stereocenters. The highest BCUT2D eigenvalue weighted by Gasteiger charge is 2.17. The third-order valence-electron chi connectivity index (χ3n) is 3.90. The monoisotopic (exact) mass is 404 g/mol. The summed E-state index contributed by atoms with van der Waals surface area (Å²) in [4.78, 5) is 12.0. The van der Waals surface area contributed by atoms with Gasteiger partial charge in [-0.05, 0) is 42.8 Å². The highest BCUT2D eigenvalue weighted by molar-refractivity contribution is 7.99. The Bertz CT molecular complexity index is 862. The van der Waals surface area contributed by atoms with Crippen LogP contribution in [0.5, 0.6) is 0 Å². The zero-order valence-corrected chi connectivity index (χ0v) is 16.6. The maximum atomic E-state index is 12.0. The van der Waals surface area contributed by atoms with Crippen LogP contribution in [0.15, 0.2) is 52.2 Å². The Morgan fingerprint density at radius 3 is 2.78 bits per heavy atom. The predicted molar refractivity (Wildman–Crippen MR) is 107 cm³/mol. The summed E-state index contributed by atoms with van der Waals surface area (Å²) in [5, 5.41) is 12.9. The molecule has 1 amide bonds. The largest absolute Gasteiger partial charge is 0.467 e. The molecule has 3 aromatic rings. The van der Waals surface area contributed by atoms with Crippen molar-refractivity contribution in [3.8, 4) is 11.4 Å². The molecule has 0 aliphatic carbocycles. The molecule has 1 aromatic carbocycles. The predicted octanol–water partition coefficient (Wildman–Crippen LogP) is 4.25. The van der Waals surface area contributed by atoms with Crippen molar-refractivity contribution in [2.75, 3.05) is 12.3 Å². The van der Waals surface area contributed by atoms with E-state index in [-0.39, 0.29) is 5.91 Å². The number of halogens is 1. The average molecular weight is 405 g/mol. The minimum absolute atomic E-state index is 0.00552. The van der Waals surface area contributed by atoms with Gasteiger partial charge in [-0.3, -0.25) is 9.36 Å². The van der Waals surface area contributed by atoms with Gasteiger partial charge in [0.15, 0.2) is 11.0 Å². The van der Waals surface area contributed by atoms with Gasteiger partial charge in [-0.25, -0.2) is 0 Å². The van der Waals surface area contributed by atoms with Gasteiger partial charge >= 0.3 is 0 Å². The molecule has 0 aliphatic heterocycles. The fraction of sp³-hybridized carbons (Fsp3) is 0.316. The number of hydrogen-bond acceptors (Lipinski definition) is 5. The van der Waals surface area contributed by atoms with E-state index in [4.69, 9.17) is 16.0 Å². The number of carbonyl (C=O) groups is 1. The van der Waals surface area contributed by atoms with Crippen molar-refractivity contribution >= 4 is 29.3 Å². The molecule has 0 atom stereocenters. The summed E-state index contributed by atoms with van der Waals surface area (Å²) in [6.45, 7) is 3.28. The highest BCUT2D eigenvalue weighted by Crippen LogP contribution is 2.26. The van der Waals surface area contributed by atoms with Crippen LogP contribution in [0.1, 0.15) is 25.5 Å². The lowest BCUT2D eigenvalue weighted by Crippen LogP contribution is -2.26. The van der Waals surface area contributed by atoms with Gasteiger partial charge in [-0.15, -0.1) is 10.2 Å². The standard InChI is InChI=1S/C19H21ClN4O2S/c1-2-3-10-21-17(25)13-27-19-23-22-18(14-6-8-15(20)9-7-14)24(19)12-16-5-4-11-26-16/h4-9,11H,2-3,10,12-13H2,1H3,(H,21,25). The van der Waals surface area contributed by atoms with Crippen molar-refractivity contribution in [2.24, 2.45) is 0 Å². The second-order valence-corrected chi connectivity index (χ2v) is 7.35. The summed E-state index contributed by atoms with van der Waals surface area (Å²) in [7, 11) is 0. The minimum atomic E-state index is -0.00552. The Morgan fingerprint density at radius 1 is 1.26 bits per heavy atom. The van der Waals surface area contributed by atoms with Crippen LogP contribution in [-0.2, 0) is 11.3 Å². The summed E-state index contributed by atoms with van der Waals surface area (Å²) in [6.07, 6.45) is 3.66. The normalized spacial score (nSPS) is 10.9. The molecule has 142 valence electrons. The molecule has 2 heterocycles. The molecule has 0 spiro atoms. The SMILES string of the molecule is CCCCNC(=O)CSc1nnc(-c2ccc(Cl)cc2)n1Cc1ccco1. The van der Waals surface area contributed by atoms with Gasteiger partial charge in [0.05, 0.1) is 18.6 Å². The molecule has 0 fully saturated rings. The van der Waals surface area contributed by atoms with Crippen LogP contribution < -0.4 is 5.32 Å². The molecule has 2 aromatic heterocycles. The number of amides is 1. The van der Waals surface area contributed by atoms with E-state index in [0.717, 1.165) is 24.2 Å². The van der Waals surface area contributed by atoms with Gasteiger partial charge < -0.3 is 9.73 Å². The maximum Gasteiger partial charge on any atom is 0.230 e. The van der Waals surface area contributed by atoms with E-state index >= 15 is 0 Å². The number of benzene rings is 1. The lowest BCUT2D eigenvalue weighted by Gasteiger charge is -2.09. The first-order valence-corrected chi connectivity index (χ1v) is 10.1. The van der Waals surface area contributed by atoms with E-state index < -0.39 is 0 Å². The van der Waals surface area contributed by atoms with Crippen LogP contribution in [-0.4, -0.2) is 33.0 Å². The Hall–Kier alpha value is -2.25. The van der Waals surface area contributed by atoms with Crippen LogP contribution in [0.3, 0.4) is 0 Å². The summed E-state index contributed by atoms with van der Waals surface area (Å²) in [5.41, 5.74) is 0.901. The minimum Gasteiger partial charge on any atom is -0.467 e. The van der Waals surface area contributed by atoms with Gasteiger partial charge in [0.1, 0.15) is 5.76 Å². The molecular formula is C19H21ClN4O2S. The fourth-order valence-corrected chi connectivity index (χ4v) is 3.39. The molecule has 0 aliphatic rings. The molecule has 6 nitrogen and oxygen atoms in total. The van der Waals surface area contributed by atoms with Crippen molar-refractivity contribution in [3.63, 3.8) is 0 Å². The zero-order chi connectivity index (χ0) is 19.1. The third-order valence-corrected chi connectivity index (χ3v) is 5.12. The number of aromatic nitrogens is 3. The number of furan rings is 1. The topological polar surface area (TPSA) is 73.0 Å². The molecule has 3 rings (SSSR count). The van der Waals surface area contributed by atoms with E-state index in [2.05, 4.69) is 22.4 Å². The number of carbonyl (C=O) groups excluding carboxylic acids is 1.